The molecule has 1 aliphatic rings. The van der Waals surface area contributed by atoms with Gasteiger partial charge in [0.25, 0.3) is 0 Å². The van der Waals surface area contributed by atoms with Gasteiger partial charge >= 0.3 is 12.1 Å². The van der Waals surface area contributed by atoms with Crippen molar-refractivity contribution in [3.8, 4) is 17.1 Å². The summed E-state index contributed by atoms with van der Waals surface area (Å²) in [5.41, 5.74) is 3.40. The van der Waals surface area contributed by atoms with E-state index in [4.69, 9.17) is 9.47 Å². The minimum absolute atomic E-state index is 0.147. The third kappa shape index (κ3) is 5.99. The van der Waals surface area contributed by atoms with E-state index >= 15 is 0 Å². The lowest BCUT2D eigenvalue weighted by Gasteiger charge is -2.27. The maximum absolute atomic E-state index is 12.4. The molecule has 1 aromatic carbocycles. The molecular formula is C26H31N5O5. The average molecular weight is 494 g/mol. The first kappa shape index (κ1) is 25.2. The van der Waals surface area contributed by atoms with E-state index in [0.717, 1.165) is 18.4 Å². The summed E-state index contributed by atoms with van der Waals surface area (Å²) in [6, 6.07) is 13.1. The number of nitrogens with zero attached hydrogens (tertiary/aromatic N) is 4. The number of alkyl carbamates (subject to hydrolysis) is 1. The summed E-state index contributed by atoms with van der Waals surface area (Å²) < 4.78 is 13.2. The number of aryl methyl sites for hydroxylation is 2. The highest BCUT2D eigenvalue weighted by Gasteiger charge is 2.28. The lowest BCUT2D eigenvalue weighted by atomic mass is 9.87. The van der Waals surface area contributed by atoms with E-state index in [-0.39, 0.29) is 24.7 Å². The van der Waals surface area contributed by atoms with Crippen LogP contribution in [0.5, 0.6) is 5.75 Å². The summed E-state index contributed by atoms with van der Waals surface area (Å²) in [7, 11) is 1.75. The van der Waals surface area contributed by atoms with E-state index in [2.05, 4.69) is 20.6 Å². The summed E-state index contributed by atoms with van der Waals surface area (Å²) in [6.07, 6.45) is 1.76. The van der Waals surface area contributed by atoms with Crippen LogP contribution in [0.3, 0.4) is 0 Å². The highest BCUT2D eigenvalue weighted by atomic mass is 16.6. The Morgan fingerprint density at radius 3 is 2.69 bits per heavy atom. The molecule has 1 aliphatic carbocycles. The summed E-state index contributed by atoms with van der Waals surface area (Å²) in [5.74, 6) is -0.513. The fourth-order valence-electron chi connectivity index (χ4n) is 4.38. The lowest BCUT2D eigenvalue weighted by molar-refractivity contribution is -0.143. The summed E-state index contributed by atoms with van der Waals surface area (Å²) in [5, 5.41) is 20.4. The molecule has 3 atom stereocenters. The molecule has 2 heterocycles. The van der Waals surface area contributed by atoms with E-state index in [1.165, 1.54) is 0 Å². The highest BCUT2D eigenvalue weighted by Crippen LogP contribution is 2.30. The number of amides is 1. The van der Waals surface area contributed by atoms with Gasteiger partial charge in [0.2, 0.25) is 0 Å². The van der Waals surface area contributed by atoms with Crippen LogP contribution in [0.15, 0.2) is 42.5 Å². The van der Waals surface area contributed by atoms with Gasteiger partial charge < -0.3 is 19.9 Å². The van der Waals surface area contributed by atoms with Gasteiger partial charge in [-0.05, 0) is 57.2 Å². The molecule has 0 spiro atoms. The van der Waals surface area contributed by atoms with Crippen LogP contribution in [0.25, 0.3) is 11.4 Å². The predicted molar refractivity (Wildman–Crippen MR) is 131 cm³/mol. The normalized spacial score (nSPS) is 18.3. The van der Waals surface area contributed by atoms with E-state index in [1.54, 1.807) is 17.8 Å². The van der Waals surface area contributed by atoms with Crippen molar-refractivity contribution in [1.29, 1.82) is 0 Å². The summed E-state index contributed by atoms with van der Waals surface area (Å²) in [6.45, 7) is 3.82. The SMILES string of the molecule is Cc1nc(-c2nnn(C)c2CNC(=O)O[C@H](C)c2ccccc2)ccc1O[C@H]1CCCC(C(=O)O)C1. The van der Waals surface area contributed by atoms with Crippen molar-refractivity contribution in [3.63, 3.8) is 0 Å². The van der Waals surface area contributed by atoms with E-state index < -0.39 is 12.1 Å². The molecule has 4 rings (SSSR count). The van der Waals surface area contributed by atoms with Crippen molar-refractivity contribution in [1.82, 2.24) is 25.3 Å². The lowest BCUT2D eigenvalue weighted by Crippen LogP contribution is -2.29. The van der Waals surface area contributed by atoms with Crippen LogP contribution in [-0.2, 0) is 23.1 Å². The molecule has 0 radical (unpaired) electrons. The average Bonchev–Trinajstić information content (AvgIpc) is 3.24. The Balaban J connectivity index is 1.40. The molecule has 0 bridgehead atoms. The Morgan fingerprint density at radius 1 is 1.19 bits per heavy atom. The minimum Gasteiger partial charge on any atom is -0.489 e. The molecule has 1 fully saturated rings. The van der Waals surface area contributed by atoms with Gasteiger partial charge in [-0.3, -0.25) is 4.79 Å². The van der Waals surface area contributed by atoms with Gasteiger partial charge in [0, 0.05) is 7.05 Å². The Labute approximate surface area is 209 Å². The number of hydrogen-bond donors (Lipinski definition) is 2. The van der Waals surface area contributed by atoms with Crippen LogP contribution in [0.2, 0.25) is 0 Å². The van der Waals surface area contributed by atoms with Crippen LogP contribution in [-0.4, -0.2) is 43.3 Å². The van der Waals surface area contributed by atoms with Gasteiger partial charge in [0.05, 0.1) is 35.6 Å². The second-order valence-corrected chi connectivity index (χ2v) is 9.04. The zero-order valence-electron chi connectivity index (χ0n) is 20.7. The molecule has 0 saturated heterocycles. The molecular weight excluding hydrogens is 462 g/mol. The van der Waals surface area contributed by atoms with Crippen molar-refractivity contribution in [2.75, 3.05) is 0 Å². The molecule has 10 heteroatoms. The zero-order valence-corrected chi connectivity index (χ0v) is 20.7. The largest absolute Gasteiger partial charge is 0.489 e. The van der Waals surface area contributed by atoms with Crippen LogP contribution in [0.4, 0.5) is 4.79 Å². The number of aromatic nitrogens is 4. The number of rotatable bonds is 8. The molecule has 36 heavy (non-hydrogen) atoms. The number of carbonyl (C=O) groups excluding carboxylic acids is 1. The molecule has 0 aliphatic heterocycles. The third-order valence-corrected chi connectivity index (χ3v) is 6.44. The first-order chi connectivity index (χ1) is 17.3. The smallest absolute Gasteiger partial charge is 0.408 e. The van der Waals surface area contributed by atoms with Gasteiger partial charge in [0.1, 0.15) is 17.5 Å². The standard InChI is InChI=1S/C26H31N5O5/c1-16-23(36-20-11-7-10-19(14-20)25(32)33)13-12-21(28-16)24-22(31(3)30-29-24)15-27-26(34)35-17(2)18-8-5-4-6-9-18/h4-6,8-9,12-13,17,19-20H,7,10-11,14-15H2,1-3H3,(H,27,34)(H,32,33)/t17-,19?,20+/m1/s1. The Hall–Kier alpha value is -3.95. The summed E-state index contributed by atoms with van der Waals surface area (Å²) >= 11 is 0. The number of pyridine rings is 1. The number of nitrogens with one attached hydrogen (secondary N) is 1. The Bertz CT molecular complexity index is 1210. The number of carbonyl (C=O) groups is 2. The van der Waals surface area contributed by atoms with Gasteiger partial charge in [-0.25, -0.2) is 14.5 Å². The Morgan fingerprint density at radius 2 is 1.97 bits per heavy atom. The molecule has 2 N–H and O–H groups in total. The Kier molecular flexibility index (Phi) is 7.82. The molecule has 2 aromatic heterocycles. The van der Waals surface area contributed by atoms with Crippen molar-refractivity contribution >= 4 is 12.1 Å². The van der Waals surface area contributed by atoms with Crippen molar-refractivity contribution in [2.24, 2.45) is 13.0 Å². The number of hydrogen-bond acceptors (Lipinski definition) is 7. The quantitative estimate of drug-likeness (QED) is 0.478. The topological polar surface area (TPSA) is 128 Å². The number of aliphatic carboxylic acids is 1. The number of carboxylic acids is 1. The van der Waals surface area contributed by atoms with Crippen molar-refractivity contribution < 1.29 is 24.2 Å². The van der Waals surface area contributed by atoms with Gasteiger partial charge in [-0.15, -0.1) is 5.10 Å². The van der Waals surface area contributed by atoms with Gasteiger partial charge in [-0.1, -0.05) is 35.5 Å². The van der Waals surface area contributed by atoms with Crippen molar-refractivity contribution in [3.05, 3.63) is 59.4 Å². The maximum Gasteiger partial charge on any atom is 0.408 e. The monoisotopic (exact) mass is 493 g/mol. The fraction of sp³-hybridized carbons (Fsp3) is 0.423. The molecule has 10 nitrogen and oxygen atoms in total. The number of ether oxygens (including phenoxy) is 2. The third-order valence-electron chi connectivity index (χ3n) is 6.44. The minimum atomic E-state index is -0.768. The molecule has 1 saturated carbocycles. The second-order valence-electron chi connectivity index (χ2n) is 9.04. The zero-order chi connectivity index (χ0) is 25.7. The molecule has 1 amide bonds. The highest BCUT2D eigenvalue weighted by molar-refractivity contribution is 5.70. The van der Waals surface area contributed by atoms with Crippen LogP contribution in [0.1, 0.15) is 55.7 Å². The van der Waals surface area contributed by atoms with Crippen LogP contribution in [0, 0.1) is 12.8 Å². The molecule has 190 valence electrons. The van der Waals surface area contributed by atoms with Gasteiger partial charge in [-0.2, -0.15) is 0 Å². The van der Waals surface area contributed by atoms with Gasteiger partial charge in [0.15, 0.2) is 0 Å². The summed E-state index contributed by atoms with van der Waals surface area (Å²) in [4.78, 5) is 28.4. The number of carboxylic acid groups (broad SMARTS) is 1. The van der Waals surface area contributed by atoms with Crippen molar-refractivity contribution in [2.45, 2.75) is 58.3 Å². The van der Waals surface area contributed by atoms with E-state index in [9.17, 15) is 14.7 Å². The van der Waals surface area contributed by atoms with E-state index in [1.807, 2.05) is 50.2 Å². The first-order valence-corrected chi connectivity index (χ1v) is 12.1. The van der Waals surface area contributed by atoms with E-state index in [0.29, 0.717) is 41.4 Å². The molecule has 1 unspecified atom stereocenters. The van der Waals surface area contributed by atoms with Crippen LogP contribution >= 0.6 is 0 Å². The predicted octanol–water partition coefficient (Wildman–Crippen LogP) is 4.20. The first-order valence-electron chi connectivity index (χ1n) is 12.1. The second kappa shape index (κ2) is 11.2. The number of benzene rings is 1. The van der Waals surface area contributed by atoms with Crippen LogP contribution < -0.4 is 10.1 Å². The molecule has 3 aromatic rings. The fourth-order valence-corrected chi connectivity index (χ4v) is 4.38. The maximum atomic E-state index is 12.4.